The smallest absolute Gasteiger partial charge is 0.237 e. The van der Waals surface area contributed by atoms with Crippen LogP contribution in [-0.2, 0) is 24.3 Å². The normalized spacial score (nSPS) is 16.3. The minimum Gasteiger partial charge on any atom is -0.311 e. The first kappa shape index (κ1) is 21.2. The number of nitrogens with zero attached hydrogens (tertiary/aromatic N) is 5. The van der Waals surface area contributed by atoms with Crippen LogP contribution < -0.4 is 4.90 Å². The van der Waals surface area contributed by atoms with Gasteiger partial charge in [0.25, 0.3) is 0 Å². The highest BCUT2D eigenvalue weighted by Gasteiger charge is 2.24. The van der Waals surface area contributed by atoms with Crippen LogP contribution in [0.25, 0.3) is 0 Å². The van der Waals surface area contributed by atoms with E-state index in [1.165, 1.54) is 35.7 Å². The minimum atomic E-state index is 0.137. The SMILES string of the molecule is O=C(CSc1nnc(CN2CCCC2)n1Cc1ccccc1)N1CCCc2ccccc21. The lowest BCUT2D eigenvalue weighted by Gasteiger charge is -2.29. The van der Waals surface area contributed by atoms with Gasteiger partial charge in [0.05, 0.1) is 18.8 Å². The first-order chi connectivity index (χ1) is 15.8. The van der Waals surface area contributed by atoms with E-state index in [-0.39, 0.29) is 5.91 Å². The molecule has 2 aliphatic heterocycles. The predicted octanol–water partition coefficient (Wildman–Crippen LogP) is 3.99. The molecule has 2 aromatic carbocycles. The van der Waals surface area contributed by atoms with Crippen molar-refractivity contribution in [2.24, 2.45) is 0 Å². The third-order valence-electron chi connectivity index (χ3n) is 6.28. The summed E-state index contributed by atoms with van der Waals surface area (Å²) in [6, 6.07) is 18.7. The second kappa shape index (κ2) is 9.88. The molecule has 1 aromatic heterocycles. The van der Waals surface area contributed by atoms with Crippen molar-refractivity contribution in [3.63, 3.8) is 0 Å². The Bertz CT molecular complexity index is 1060. The third-order valence-corrected chi connectivity index (χ3v) is 7.23. The molecule has 0 unspecified atom stereocenters. The summed E-state index contributed by atoms with van der Waals surface area (Å²) in [5.41, 5.74) is 3.54. The molecule has 1 amide bonds. The number of amides is 1. The number of carbonyl (C=O) groups is 1. The summed E-state index contributed by atoms with van der Waals surface area (Å²) >= 11 is 1.50. The summed E-state index contributed by atoms with van der Waals surface area (Å²) in [6.45, 7) is 4.56. The predicted molar refractivity (Wildman–Crippen MR) is 128 cm³/mol. The van der Waals surface area contributed by atoms with E-state index in [4.69, 9.17) is 0 Å². The van der Waals surface area contributed by atoms with Gasteiger partial charge in [0.15, 0.2) is 5.16 Å². The monoisotopic (exact) mass is 447 g/mol. The molecule has 32 heavy (non-hydrogen) atoms. The molecule has 0 N–H and O–H groups in total. The third kappa shape index (κ3) is 4.74. The first-order valence-corrected chi connectivity index (χ1v) is 12.5. The van der Waals surface area contributed by atoms with Gasteiger partial charge < -0.3 is 9.47 Å². The number of aryl methyl sites for hydroxylation is 1. The Labute approximate surface area is 193 Å². The summed E-state index contributed by atoms with van der Waals surface area (Å²) < 4.78 is 2.19. The number of benzene rings is 2. The molecule has 166 valence electrons. The summed E-state index contributed by atoms with van der Waals surface area (Å²) in [5.74, 6) is 1.48. The quantitative estimate of drug-likeness (QED) is 0.513. The number of carbonyl (C=O) groups excluding carboxylic acids is 1. The molecule has 5 rings (SSSR count). The van der Waals surface area contributed by atoms with Gasteiger partial charge in [-0.25, -0.2) is 0 Å². The van der Waals surface area contributed by atoms with Crippen molar-refractivity contribution in [3.05, 3.63) is 71.5 Å². The Hall–Kier alpha value is -2.64. The van der Waals surface area contributed by atoms with Gasteiger partial charge in [0, 0.05) is 12.2 Å². The zero-order chi connectivity index (χ0) is 21.8. The first-order valence-electron chi connectivity index (χ1n) is 11.5. The lowest BCUT2D eigenvalue weighted by Crippen LogP contribution is -2.36. The van der Waals surface area contributed by atoms with Crippen molar-refractivity contribution in [1.82, 2.24) is 19.7 Å². The Balaban J connectivity index is 1.32. The fourth-order valence-corrected chi connectivity index (χ4v) is 5.44. The van der Waals surface area contributed by atoms with Crippen LogP contribution in [0.4, 0.5) is 5.69 Å². The molecule has 7 heteroatoms. The number of fused-ring (bicyclic) bond motifs is 1. The van der Waals surface area contributed by atoms with E-state index in [1.54, 1.807) is 0 Å². The molecule has 3 aromatic rings. The number of para-hydroxylation sites is 1. The molecular formula is C25H29N5OS. The van der Waals surface area contributed by atoms with E-state index in [2.05, 4.69) is 62.1 Å². The second-order valence-corrected chi connectivity index (χ2v) is 9.46. The van der Waals surface area contributed by atoms with Gasteiger partial charge in [-0.3, -0.25) is 9.69 Å². The number of hydrogen-bond donors (Lipinski definition) is 0. The van der Waals surface area contributed by atoms with Crippen LogP contribution in [0.2, 0.25) is 0 Å². The maximum absolute atomic E-state index is 13.1. The molecule has 0 atom stereocenters. The number of thioether (sulfide) groups is 1. The Morgan fingerprint density at radius 1 is 0.875 bits per heavy atom. The molecule has 3 heterocycles. The average Bonchev–Trinajstić information content (AvgIpc) is 3.48. The second-order valence-electron chi connectivity index (χ2n) is 8.52. The van der Waals surface area contributed by atoms with E-state index in [0.717, 1.165) is 62.2 Å². The van der Waals surface area contributed by atoms with Crippen molar-refractivity contribution in [2.45, 2.75) is 43.9 Å². The largest absolute Gasteiger partial charge is 0.311 e. The van der Waals surface area contributed by atoms with Crippen molar-refractivity contribution in [1.29, 1.82) is 0 Å². The van der Waals surface area contributed by atoms with Gasteiger partial charge in [0.2, 0.25) is 5.91 Å². The number of aromatic nitrogens is 3. The van der Waals surface area contributed by atoms with Crippen molar-refractivity contribution < 1.29 is 4.79 Å². The fraction of sp³-hybridized carbons (Fsp3) is 0.400. The van der Waals surface area contributed by atoms with Gasteiger partial charge in [-0.1, -0.05) is 60.3 Å². The van der Waals surface area contributed by atoms with Crippen molar-refractivity contribution in [2.75, 3.05) is 30.3 Å². The molecule has 2 aliphatic rings. The van der Waals surface area contributed by atoms with Crippen LogP contribution in [0, 0.1) is 0 Å². The summed E-state index contributed by atoms with van der Waals surface area (Å²) in [4.78, 5) is 17.5. The molecule has 0 spiro atoms. The number of anilines is 1. The zero-order valence-electron chi connectivity index (χ0n) is 18.3. The molecule has 1 fully saturated rings. The van der Waals surface area contributed by atoms with Gasteiger partial charge in [-0.05, 0) is 56.0 Å². The van der Waals surface area contributed by atoms with Gasteiger partial charge in [-0.2, -0.15) is 0 Å². The minimum absolute atomic E-state index is 0.137. The Morgan fingerprint density at radius 3 is 2.50 bits per heavy atom. The summed E-state index contributed by atoms with van der Waals surface area (Å²) in [7, 11) is 0. The van der Waals surface area contributed by atoms with Gasteiger partial charge in [-0.15, -0.1) is 10.2 Å². The van der Waals surface area contributed by atoms with E-state index in [9.17, 15) is 4.79 Å². The lowest BCUT2D eigenvalue weighted by molar-refractivity contribution is -0.116. The van der Waals surface area contributed by atoms with Crippen LogP contribution in [0.1, 0.15) is 36.2 Å². The highest BCUT2D eigenvalue weighted by Crippen LogP contribution is 2.28. The van der Waals surface area contributed by atoms with Gasteiger partial charge in [0.1, 0.15) is 5.82 Å². The molecule has 0 saturated carbocycles. The number of likely N-dealkylation sites (tertiary alicyclic amines) is 1. The maximum atomic E-state index is 13.1. The molecule has 0 bridgehead atoms. The van der Waals surface area contributed by atoms with Crippen LogP contribution in [0.3, 0.4) is 0 Å². The van der Waals surface area contributed by atoms with Crippen LogP contribution in [0.15, 0.2) is 59.8 Å². The summed E-state index contributed by atoms with van der Waals surface area (Å²) in [6.07, 6.45) is 4.55. The highest BCUT2D eigenvalue weighted by molar-refractivity contribution is 7.99. The van der Waals surface area contributed by atoms with Gasteiger partial charge >= 0.3 is 0 Å². The number of rotatable bonds is 7. The average molecular weight is 448 g/mol. The molecular weight excluding hydrogens is 418 g/mol. The molecule has 6 nitrogen and oxygen atoms in total. The Kier molecular flexibility index (Phi) is 6.55. The molecule has 1 saturated heterocycles. The lowest BCUT2D eigenvalue weighted by atomic mass is 10.0. The molecule has 0 radical (unpaired) electrons. The summed E-state index contributed by atoms with van der Waals surface area (Å²) in [5, 5.41) is 9.84. The van der Waals surface area contributed by atoms with Crippen molar-refractivity contribution >= 4 is 23.4 Å². The van der Waals surface area contributed by atoms with E-state index < -0.39 is 0 Å². The van der Waals surface area contributed by atoms with E-state index in [1.807, 2.05) is 17.0 Å². The van der Waals surface area contributed by atoms with Crippen LogP contribution in [-0.4, -0.2) is 51.0 Å². The fourth-order valence-electron chi connectivity index (χ4n) is 4.61. The van der Waals surface area contributed by atoms with E-state index in [0.29, 0.717) is 5.75 Å². The topological polar surface area (TPSA) is 54.3 Å². The maximum Gasteiger partial charge on any atom is 0.237 e. The van der Waals surface area contributed by atoms with E-state index >= 15 is 0 Å². The van der Waals surface area contributed by atoms with Crippen molar-refractivity contribution in [3.8, 4) is 0 Å². The van der Waals surface area contributed by atoms with Crippen LogP contribution >= 0.6 is 11.8 Å². The standard InChI is InChI=1S/C25H29N5OS/c31-24(29-16-8-12-21-11-4-5-13-22(21)29)19-32-25-27-26-23(18-28-14-6-7-15-28)30(25)17-20-9-2-1-3-10-20/h1-5,9-11,13H,6-8,12,14-19H2. The number of hydrogen-bond acceptors (Lipinski definition) is 5. The molecule has 0 aliphatic carbocycles. The zero-order valence-corrected chi connectivity index (χ0v) is 19.1. The van der Waals surface area contributed by atoms with Crippen LogP contribution in [0.5, 0.6) is 0 Å². The highest BCUT2D eigenvalue weighted by atomic mass is 32.2. The Morgan fingerprint density at radius 2 is 1.66 bits per heavy atom.